The Morgan fingerprint density at radius 3 is 1.15 bits per heavy atom. The smallest absolute Gasteiger partial charge is 0.344 e. The standard InChI is InChI=1S/C14H15ClN2O4.C14H15ClO6.C12H11ClN2O4.C10H11ClO3.C6H5ClO.C4H7BrO2.C4H4O3.C2H6O.CH4O/c1-2-20-14(19)8-21-12-5-3-9(7-10(12)15)11-4-6-13(18)17-16-11;1-2-20-14(19)8-21-12-5-3-9(7-10(12)15)11(16)4-6-13(17)18;13-8-5-7(9-2-4-11(16)15-14-9)1-3-10(8)19-6-12(17)18;1-2-13-10(12)7-14-9-6-4-3-5-8(9)11;7-5-3-1-2-4-6(5)8;1-2-7-4(6)3-5;5-3-1-2-4(6)7-3;1-2-3;1-2/h2*3,5,7H,2,4,6,8H2,1H3,(H,17,18);1,3,5H,2,4,6H2,(H,15,16)(H,17,18);3-6H,2,7H2,1H3;1-4,8H;2-3H2,1H3;1-2H2;3H,2H2,1H3;2H,1H3. The molecule has 7 N–H and O–H groups in total. The molecule has 1 saturated heterocycles. The van der Waals surface area contributed by atoms with E-state index in [9.17, 15) is 52.7 Å². The number of carbonyl (C=O) groups excluding carboxylic acids is 9. The molecule has 0 aliphatic carbocycles. The van der Waals surface area contributed by atoms with E-state index in [1.807, 2.05) is 0 Å². The molecule has 8 rings (SSSR count). The minimum atomic E-state index is -1.07. The summed E-state index contributed by atoms with van der Waals surface area (Å²) in [5, 5.41) is 50.4. The molecule has 0 spiro atoms. The number of aliphatic hydroxyl groups is 2. The van der Waals surface area contributed by atoms with Crippen LogP contribution in [0.4, 0.5) is 0 Å². The Morgan fingerprint density at radius 1 is 0.471 bits per heavy atom. The van der Waals surface area contributed by atoms with Gasteiger partial charge in [0, 0.05) is 51.4 Å². The number of aliphatic carboxylic acids is 2. The van der Waals surface area contributed by atoms with Crippen LogP contribution in [0.2, 0.25) is 25.1 Å². The van der Waals surface area contributed by atoms with Crippen LogP contribution in [0.1, 0.15) is 107 Å². The summed E-state index contributed by atoms with van der Waals surface area (Å²) in [6, 6.07) is 28.0. The van der Waals surface area contributed by atoms with Gasteiger partial charge >= 0.3 is 47.8 Å². The summed E-state index contributed by atoms with van der Waals surface area (Å²) >= 11 is 32.3. The molecule has 5 aromatic carbocycles. The van der Waals surface area contributed by atoms with E-state index in [-0.39, 0.29) is 98.8 Å². The zero-order chi connectivity index (χ0) is 77.0. The lowest BCUT2D eigenvalue weighted by Crippen LogP contribution is -2.25. The number of phenols is 1. The van der Waals surface area contributed by atoms with Gasteiger partial charge in [0.05, 0.1) is 82.2 Å². The molecule has 2 amide bonds. The number of esters is 6. The van der Waals surface area contributed by atoms with Gasteiger partial charge in [-0.2, -0.15) is 10.2 Å². The first-order chi connectivity index (χ1) is 48.6. The van der Waals surface area contributed by atoms with Gasteiger partial charge in [-0.1, -0.05) is 98.2 Å². The maximum atomic E-state index is 11.7. The Morgan fingerprint density at radius 2 is 0.843 bits per heavy atom. The van der Waals surface area contributed by atoms with E-state index in [4.69, 9.17) is 117 Å². The Bertz CT molecular complexity index is 3550. The second-order valence-electron chi connectivity index (χ2n) is 18.9. The predicted molar refractivity (Wildman–Crippen MR) is 379 cm³/mol. The number of aromatic hydroxyl groups is 1. The second-order valence-corrected chi connectivity index (χ2v) is 21.5. The molecule has 0 saturated carbocycles. The third kappa shape index (κ3) is 42.2. The van der Waals surface area contributed by atoms with Crippen molar-refractivity contribution in [3.8, 4) is 28.7 Å². The topological polar surface area (TPSA) is 421 Å². The zero-order valence-corrected chi connectivity index (χ0v) is 61.5. The lowest BCUT2D eigenvalue weighted by atomic mass is 10.0. The molecule has 0 radical (unpaired) electrons. The Labute approximate surface area is 620 Å². The Hall–Kier alpha value is -9.14. The summed E-state index contributed by atoms with van der Waals surface area (Å²) in [4.78, 5) is 118. The van der Waals surface area contributed by atoms with Crippen molar-refractivity contribution in [3.05, 3.63) is 145 Å². The van der Waals surface area contributed by atoms with Crippen molar-refractivity contribution in [2.24, 2.45) is 10.2 Å². The highest BCUT2D eigenvalue weighted by Gasteiger charge is 2.20. The number of hydrogen-bond donors (Lipinski definition) is 7. The number of carboxylic acid groups (broad SMARTS) is 2. The summed E-state index contributed by atoms with van der Waals surface area (Å²) < 4.78 is 43.4. The highest BCUT2D eigenvalue weighted by molar-refractivity contribution is 9.09. The number of amides is 2. The van der Waals surface area contributed by atoms with Crippen LogP contribution in [-0.4, -0.2) is 174 Å². The first kappa shape index (κ1) is 92.9. The van der Waals surface area contributed by atoms with Crippen molar-refractivity contribution < 1.29 is 121 Å². The predicted octanol–water partition coefficient (Wildman–Crippen LogP) is 10.4. The summed E-state index contributed by atoms with van der Waals surface area (Å²) in [5.74, 6) is -3.44. The monoisotopic (exact) mass is 1590 g/mol. The first-order valence-corrected chi connectivity index (χ1v) is 33.4. The number of benzene rings is 5. The third-order valence-corrected chi connectivity index (χ3v) is 13.3. The van der Waals surface area contributed by atoms with Gasteiger partial charge in [-0.05, 0) is 125 Å². The number of aliphatic hydroxyl groups excluding tert-OH is 2. The van der Waals surface area contributed by atoms with Gasteiger partial charge in [0.1, 0.15) is 34.1 Å². The van der Waals surface area contributed by atoms with E-state index in [0.29, 0.717) is 93.7 Å². The van der Waals surface area contributed by atoms with Crippen LogP contribution in [0.15, 0.2) is 113 Å². The average Bonchev–Trinajstić information content (AvgIpc) is 0.962. The Balaban J connectivity index is 0.00000119. The molecule has 0 aromatic heterocycles. The SMILES string of the molecule is CCO.CCOC(=O)CBr.CCOC(=O)COc1ccc(C(=O)CCC(=O)O)cc1Cl.CCOC(=O)COc1ccc(C2=NNC(=O)CC2)cc1Cl.CCOC(=O)COc1ccccc1Cl.CO.O=C(O)COc1ccc(C2=NNC(=O)CC2)cc1Cl.O=C1CCC(=O)O1.Oc1ccccc1Cl. The number of para-hydroxylation sites is 2. The van der Waals surface area contributed by atoms with E-state index in [1.54, 1.807) is 120 Å². The van der Waals surface area contributed by atoms with Gasteiger partial charge in [0.15, 0.2) is 32.2 Å². The number of phenolic OH excluding ortho intramolecular Hbond substituents is 1. The molecule has 558 valence electrons. The third-order valence-electron chi connectivity index (χ3n) is 11.3. The normalized spacial score (nSPS) is 11.9. The summed E-state index contributed by atoms with van der Waals surface area (Å²) in [5.41, 5.74) is 8.20. The summed E-state index contributed by atoms with van der Waals surface area (Å²) in [6.07, 6.45) is 2.07. The number of carbonyl (C=O) groups is 11. The van der Waals surface area contributed by atoms with Crippen LogP contribution in [-0.2, 0) is 71.6 Å². The number of Topliss-reactive ketones (excluding diaryl/α,β-unsaturated/α-hetero) is 1. The fourth-order valence-corrected chi connectivity index (χ4v) is 8.11. The maximum absolute atomic E-state index is 11.7. The number of halogens is 6. The van der Waals surface area contributed by atoms with Crippen LogP contribution >= 0.6 is 73.9 Å². The van der Waals surface area contributed by atoms with Crippen molar-refractivity contribution in [2.45, 2.75) is 86.0 Å². The number of rotatable bonds is 23. The number of alkyl halides is 1. The number of hydrazone groups is 2. The van der Waals surface area contributed by atoms with Crippen LogP contribution < -0.4 is 29.8 Å². The van der Waals surface area contributed by atoms with Crippen molar-refractivity contribution >= 4 is 151 Å². The number of ether oxygens (including phenoxy) is 9. The van der Waals surface area contributed by atoms with E-state index in [0.717, 1.165) is 29.7 Å². The number of carboxylic acids is 2. The molecular weight excluding hydrogens is 1520 g/mol. The fourth-order valence-electron chi connectivity index (χ4n) is 6.92. The van der Waals surface area contributed by atoms with Gasteiger partial charge < -0.3 is 68.2 Å². The van der Waals surface area contributed by atoms with Crippen LogP contribution in [0.3, 0.4) is 0 Å². The molecule has 0 unspecified atom stereocenters. The molecule has 3 aliphatic heterocycles. The molecule has 0 atom stereocenters. The molecule has 5 aromatic rings. The van der Waals surface area contributed by atoms with Crippen molar-refractivity contribution in [1.29, 1.82) is 0 Å². The van der Waals surface area contributed by atoms with Crippen molar-refractivity contribution in [1.82, 2.24) is 10.9 Å². The number of hydrogen-bond acceptors (Lipinski definition) is 25. The summed E-state index contributed by atoms with van der Waals surface area (Å²) in [6.45, 7) is 9.21. The molecule has 3 aliphatic rings. The quantitative estimate of drug-likeness (QED) is 0.0105. The zero-order valence-electron chi connectivity index (χ0n) is 56.1. The number of cyclic esters (lactones) is 2. The van der Waals surface area contributed by atoms with Crippen molar-refractivity contribution in [3.63, 3.8) is 0 Å². The molecule has 1 fully saturated rings. The van der Waals surface area contributed by atoms with E-state index in [1.165, 1.54) is 18.2 Å². The van der Waals surface area contributed by atoms with Gasteiger partial charge in [-0.15, -0.1) is 0 Å². The van der Waals surface area contributed by atoms with Gasteiger partial charge in [0.25, 0.3) is 0 Å². The fraction of sp³-hybridized carbons (Fsp3) is 0.358. The number of nitrogens with one attached hydrogen (secondary N) is 2. The average molecular weight is 1600 g/mol. The minimum absolute atomic E-state index is 0.0979. The highest BCUT2D eigenvalue weighted by Crippen LogP contribution is 2.30. The summed E-state index contributed by atoms with van der Waals surface area (Å²) in [7, 11) is 1.00. The highest BCUT2D eigenvalue weighted by atomic mass is 79.9. The lowest BCUT2D eigenvalue weighted by Gasteiger charge is -2.13. The molecule has 29 nitrogen and oxygen atoms in total. The van der Waals surface area contributed by atoms with Crippen LogP contribution in [0, 0.1) is 0 Å². The molecule has 35 heteroatoms. The lowest BCUT2D eigenvalue weighted by molar-refractivity contribution is -0.152. The van der Waals surface area contributed by atoms with Gasteiger partial charge in [-0.25, -0.2) is 30.0 Å². The second kappa shape index (κ2) is 55.5. The molecule has 3 heterocycles. The number of nitrogens with zero attached hydrogens (tertiary/aromatic N) is 2. The first-order valence-electron chi connectivity index (χ1n) is 30.4. The van der Waals surface area contributed by atoms with Gasteiger partial charge in [0.2, 0.25) is 11.8 Å². The molecule has 0 bridgehead atoms. The maximum Gasteiger partial charge on any atom is 0.344 e. The molecule has 102 heavy (non-hydrogen) atoms. The van der Waals surface area contributed by atoms with E-state index in [2.05, 4.69) is 46.5 Å². The largest absolute Gasteiger partial charge is 0.506 e. The molecular formula is C67H78BrCl5N4O25. The van der Waals surface area contributed by atoms with E-state index < -0.39 is 48.4 Å². The van der Waals surface area contributed by atoms with Crippen LogP contribution in [0.5, 0.6) is 28.7 Å². The van der Waals surface area contributed by atoms with Crippen molar-refractivity contribution in [2.75, 3.05) is 71.9 Å². The minimum Gasteiger partial charge on any atom is -0.506 e. The van der Waals surface area contributed by atoms with E-state index >= 15 is 0 Å². The van der Waals surface area contributed by atoms with Gasteiger partial charge in [-0.3, -0.25) is 33.6 Å². The number of ketones is 1. The Kier molecular flexibility index (Phi) is 50.6. The van der Waals surface area contributed by atoms with Crippen LogP contribution in [0.25, 0.3) is 0 Å².